The Kier molecular flexibility index (Phi) is 11.5. The predicted molar refractivity (Wildman–Crippen MR) is 105 cm³/mol. The van der Waals surface area contributed by atoms with Crippen LogP contribution in [0.5, 0.6) is 0 Å². The predicted octanol–water partition coefficient (Wildman–Crippen LogP) is 5.60. The molecule has 2 heteroatoms. The van der Waals surface area contributed by atoms with Gasteiger partial charge in [0.25, 0.3) is 0 Å². The molecule has 0 spiro atoms. The normalized spacial score (nSPS) is 13.4. The van der Waals surface area contributed by atoms with E-state index in [1.807, 2.05) is 39.8 Å². The lowest BCUT2D eigenvalue weighted by atomic mass is 9.91. The lowest BCUT2D eigenvalue weighted by molar-refractivity contribution is -0.116. The van der Waals surface area contributed by atoms with E-state index in [4.69, 9.17) is 0 Å². The molecule has 1 heterocycles. The van der Waals surface area contributed by atoms with Gasteiger partial charge in [-0.2, -0.15) is 0 Å². The lowest BCUT2D eigenvalue weighted by Gasteiger charge is -2.42. The Bertz CT molecular complexity index is 493. The van der Waals surface area contributed by atoms with Crippen molar-refractivity contribution in [3.63, 3.8) is 0 Å². The Morgan fingerprint density at radius 3 is 1.54 bits per heavy atom. The van der Waals surface area contributed by atoms with Crippen LogP contribution < -0.4 is 0 Å². The van der Waals surface area contributed by atoms with Crippen LogP contribution in [-0.2, 0) is 4.79 Å². The standard InChI is InChI=1S/C17H17NO.2C2H6.CH4/c19-13-14-11-18(12-14)17(15-7-3-1-4-8-15)16-9-5-2-6-10-16;2*1-2;/h1-10,13-14,17H,11-12H2;2*1-2H3;1H4. The summed E-state index contributed by atoms with van der Waals surface area (Å²) < 4.78 is 0. The van der Waals surface area contributed by atoms with Gasteiger partial charge in [0, 0.05) is 19.0 Å². The van der Waals surface area contributed by atoms with Crippen LogP contribution in [0.25, 0.3) is 0 Å². The molecule has 2 nitrogen and oxygen atoms in total. The first kappa shape index (κ1) is 22.1. The van der Waals surface area contributed by atoms with Gasteiger partial charge in [0.2, 0.25) is 0 Å². The van der Waals surface area contributed by atoms with Gasteiger partial charge < -0.3 is 4.79 Å². The summed E-state index contributed by atoms with van der Waals surface area (Å²) in [6.07, 6.45) is 1.07. The molecule has 0 unspecified atom stereocenters. The maximum absolute atomic E-state index is 10.8. The van der Waals surface area contributed by atoms with E-state index in [0.717, 1.165) is 19.4 Å². The van der Waals surface area contributed by atoms with E-state index in [2.05, 4.69) is 53.4 Å². The number of hydrogen-bond acceptors (Lipinski definition) is 2. The Morgan fingerprint density at radius 1 is 0.833 bits per heavy atom. The van der Waals surface area contributed by atoms with Crippen molar-refractivity contribution in [2.75, 3.05) is 13.1 Å². The van der Waals surface area contributed by atoms with Gasteiger partial charge in [0.15, 0.2) is 0 Å². The fourth-order valence-corrected chi connectivity index (χ4v) is 2.73. The smallest absolute Gasteiger partial charge is 0.125 e. The average molecular weight is 328 g/mol. The molecule has 3 rings (SSSR count). The molecule has 0 N–H and O–H groups in total. The van der Waals surface area contributed by atoms with Crippen molar-refractivity contribution in [3.05, 3.63) is 71.8 Å². The van der Waals surface area contributed by atoms with Gasteiger partial charge in [-0.15, -0.1) is 0 Å². The van der Waals surface area contributed by atoms with E-state index in [9.17, 15) is 4.79 Å². The molecule has 0 atom stereocenters. The van der Waals surface area contributed by atoms with Crippen LogP contribution in [0, 0.1) is 5.92 Å². The summed E-state index contributed by atoms with van der Waals surface area (Å²) in [6.45, 7) is 9.72. The number of likely N-dealkylation sites (tertiary alicyclic amines) is 1. The van der Waals surface area contributed by atoms with E-state index in [-0.39, 0.29) is 19.4 Å². The van der Waals surface area contributed by atoms with Gasteiger partial charge in [-0.1, -0.05) is 95.8 Å². The van der Waals surface area contributed by atoms with Crippen LogP contribution in [0.15, 0.2) is 60.7 Å². The largest absolute Gasteiger partial charge is 0.303 e. The minimum absolute atomic E-state index is 0. The van der Waals surface area contributed by atoms with Crippen LogP contribution >= 0.6 is 0 Å². The third kappa shape index (κ3) is 5.61. The molecule has 0 saturated carbocycles. The Labute approximate surface area is 148 Å². The van der Waals surface area contributed by atoms with E-state index < -0.39 is 0 Å². The van der Waals surface area contributed by atoms with Crippen molar-refractivity contribution in [2.45, 2.75) is 41.2 Å². The summed E-state index contributed by atoms with van der Waals surface area (Å²) in [5.74, 6) is 0.204. The van der Waals surface area contributed by atoms with Gasteiger partial charge in [-0.05, 0) is 11.1 Å². The van der Waals surface area contributed by atoms with Crippen LogP contribution in [0.3, 0.4) is 0 Å². The highest BCUT2D eigenvalue weighted by Gasteiger charge is 2.33. The fraction of sp³-hybridized carbons (Fsp3) is 0.409. The maximum Gasteiger partial charge on any atom is 0.125 e. The number of benzene rings is 2. The van der Waals surface area contributed by atoms with Gasteiger partial charge in [-0.3, -0.25) is 4.90 Å². The second-order valence-electron chi connectivity index (χ2n) is 5.07. The number of carbonyl (C=O) groups is 1. The number of carbonyl (C=O) groups excluding carboxylic acids is 1. The highest BCUT2D eigenvalue weighted by atomic mass is 16.1. The number of rotatable bonds is 4. The minimum atomic E-state index is 0. The molecule has 1 aliphatic rings. The second-order valence-corrected chi connectivity index (χ2v) is 5.07. The fourth-order valence-electron chi connectivity index (χ4n) is 2.73. The summed E-state index contributed by atoms with van der Waals surface area (Å²) >= 11 is 0. The van der Waals surface area contributed by atoms with Crippen LogP contribution in [0.2, 0.25) is 0 Å². The van der Waals surface area contributed by atoms with Crippen LogP contribution in [0.4, 0.5) is 0 Å². The third-order valence-electron chi connectivity index (χ3n) is 3.73. The average Bonchev–Trinajstić information content (AvgIpc) is 2.62. The number of hydrogen-bond donors (Lipinski definition) is 0. The Balaban J connectivity index is 0.000000987. The first-order valence-corrected chi connectivity index (χ1v) is 8.67. The number of nitrogens with zero attached hydrogens (tertiary/aromatic N) is 1. The van der Waals surface area contributed by atoms with Crippen molar-refractivity contribution in [2.24, 2.45) is 5.92 Å². The molecule has 2 aromatic carbocycles. The maximum atomic E-state index is 10.8. The van der Waals surface area contributed by atoms with Crippen LogP contribution in [-0.4, -0.2) is 24.3 Å². The van der Waals surface area contributed by atoms with Gasteiger partial charge in [-0.25, -0.2) is 0 Å². The molecule has 0 radical (unpaired) electrons. The zero-order chi connectivity index (χ0) is 17.1. The molecule has 132 valence electrons. The summed E-state index contributed by atoms with van der Waals surface area (Å²) in [5.41, 5.74) is 2.58. The van der Waals surface area contributed by atoms with Crippen molar-refractivity contribution in [1.82, 2.24) is 4.90 Å². The molecule has 1 fully saturated rings. The van der Waals surface area contributed by atoms with Gasteiger partial charge in [0.05, 0.1) is 6.04 Å². The van der Waals surface area contributed by atoms with Crippen LogP contribution in [0.1, 0.15) is 52.3 Å². The summed E-state index contributed by atoms with van der Waals surface area (Å²) in [5, 5.41) is 0. The first-order chi connectivity index (χ1) is 11.4. The lowest BCUT2D eigenvalue weighted by Crippen LogP contribution is -2.49. The molecule has 2 aromatic rings. The van der Waals surface area contributed by atoms with E-state index >= 15 is 0 Å². The highest BCUT2D eigenvalue weighted by molar-refractivity contribution is 5.56. The molecule has 1 aliphatic heterocycles. The minimum Gasteiger partial charge on any atom is -0.303 e. The van der Waals surface area contributed by atoms with Crippen molar-refractivity contribution >= 4 is 6.29 Å². The Hall–Kier alpha value is -1.93. The molecule has 0 aromatic heterocycles. The van der Waals surface area contributed by atoms with E-state index in [1.165, 1.54) is 11.1 Å². The second kappa shape index (κ2) is 12.5. The number of aldehydes is 1. The zero-order valence-corrected chi connectivity index (χ0v) is 14.8. The molecular weight excluding hydrogens is 294 g/mol. The topological polar surface area (TPSA) is 20.3 Å². The highest BCUT2D eigenvalue weighted by Crippen LogP contribution is 2.33. The third-order valence-corrected chi connectivity index (χ3v) is 3.73. The summed E-state index contributed by atoms with van der Waals surface area (Å²) in [7, 11) is 0. The zero-order valence-electron chi connectivity index (χ0n) is 14.8. The Morgan fingerprint density at radius 2 is 1.21 bits per heavy atom. The van der Waals surface area contributed by atoms with Crippen molar-refractivity contribution < 1.29 is 4.79 Å². The molecule has 0 bridgehead atoms. The summed E-state index contributed by atoms with van der Waals surface area (Å²) in [6, 6.07) is 21.3. The van der Waals surface area contributed by atoms with Gasteiger partial charge in [0.1, 0.15) is 6.29 Å². The van der Waals surface area contributed by atoms with Gasteiger partial charge >= 0.3 is 0 Å². The molecule has 1 saturated heterocycles. The van der Waals surface area contributed by atoms with Crippen molar-refractivity contribution in [3.8, 4) is 0 Å². The van der Waals surface area contributed by atoms with Crippen molar-refractivity contribution in [1.29, 1.82) is 0 Å². The molecular formula is C22H33NO. The molecule has 0 amide bonds. The SMILES string of the molecule is C.CC.CC.O=CC1CN(C(c2ccccc2)c2ccccc2)C1. The quantitative estimate of drug-likeness (QED) is 0.682. The first-order valence-electron chi connectivity index (χ1n) is 8.67. The molecule has 24 heavy (non-hydrogen) atoms. The van der Waals surface area contributed by atoms with E-state index in [1.54, 1.807) is 0 Å². The monoisotopic (exact) mass is 327 g/mol. The van der Waals surface area contributed by atoms with E-state index in [0.29, 0.717) is 0 Å². The molecule has 0 aliphatic carbocycles. The summed E-state index contributed by atoms with van der Waals surface area (Å²) in [4.78, 5) is 13.2.